The van der Waals surface area contributed by atoms with Gasteiger partial charge >= 0.3 is 0 Å². The number of hydrogen-bond acceptors (Lipinski definition) is 6. The third-order valence-electron chi connectivity index (χ3n) is 3.90. The molecule has 0 atom stereocenters. The molecule has 0 spiro atoms. The van der Waals surface area contributed by atoms with Gasteiger partial charge in [-0.3, -0.25) is 25.4 Å². The molecule has 1 aromatic carbocycles. The Hall–Kier alpha value is -3.75. The first-order chi connectivity index (χ1) is 13.1. The summed E-state index contributed by atoms with van der Waals surface area (Å²) in [6.45, 7) is 0. The van der Waals surface area contributed by atoms with Gasteiger partial charge in [-0.25, -0.2) is 0 Å². The number of rotatable bonds is 5. The molecule has 2 amide bonds. The predicted molar refractivity (Wildman–Crippen MR) is 97.1 cm³/mol. The highest BCUT2D eigenvalue weighted by molar-refractivity contribution is 6.03. The minimum Gasteiger partial charge on any atom is -0.496 e. The molecule has 0 saturated heterocycles. The van der Waals surface area contributed by atoms with Gasteiger partial charge in [-0.1, -0.05) is 0 Å². The van der Waals surface area contributed by atoms with Crippen molar-refractivity contribution in [2.45, 2.75) is 0 Å². The van der Waals surface area contributed by atoms with E-state index in [1.54, 1.807) is 30.5 Å². The molecule has 0 aliphatic heterocycles. The minimum atomic E-state index is -0.536. The summed E-state index contributed by atoms with van der Waals surface area (Å²) in [5, 5.41) is 0.638. The Morgan fingerprint density at radius 1 is 1.00 bits per heavy atom. The number of ether oxygens (including phenoxy) is 3. The summed E-state index contributed by atoms with van der Waals surface area (Å²) in [5.74, 6) is 0.389. The van der Waals surface area contributed by atoms with Crippen LogP contribution in [-0.4, -0.2) is 43.1 Å². The number of carbonyl (C=O) groups is 2. The van der Waals surface area contributed by atoms with Crippen molar-refractivity contribution >= 4 is 22.7 Å². The molecule has 0 unspecified atom stereocenters. The maximum atomic E-state index is 12.4. The highest BCUT2D eigenvalue weighted by atomic mass is 16.5. The highest BCUT2D eigenvalue weighted by Crippen LogP contribution is 2.41. The smallest absolute Gasteiger partial charge is 0.286 e. The van der Waals surface area contributed by atoms with E-state index < -0.39 is 11.8 Å². The van der Waals surface area contributed by atoms with Crippen LogP contribution in [0.25, 0.3) is 10.9 Å². The zero-order valence-electron chi connectivity index (χ0n) is 15.0. The molecule has 27 heavy (non-hydrogen) atoms. The lowest BCUT2D eigenvalue weighted by Gasteiger charge is -2.11. The molecule has 0 aliphatic carbocycles. The van der Waals surface area contributed by atoms with Gasteiger partial charge in [0, 0.05) is 23.8 Å². The maximum Gasteiger partial charge on any atom is 0.286 e. The standard InChI is InChI=1S/C18H18N4O5/c1-25-13-8-14(26-2)16(27-3)15-11(13)7-12(20-15)18(24)22-21-17(23)10-5-4-6-19-9-10/h4-9,20H,1-3H3,(H,21,23)(H,22,24). The molecule has 0 fully saturated rings. The number of fused-ring (bicyclic) bond motifs is 1. The summed E-state index contributed by atoms with van der Waals surface area (Å²) >= 11 is 0. The highest BCUT2D eigenvalue weighted by Gasteiger charge is 2.19. The summed E-state index contributed by atoms with van der Waals surface area (Å²) in [6, 6.07) is 6.47. The van der Waals surface area contributed by atoms with E-state index in [1.807, 2.05) is 0 Å². The molecule has 3 rings (SSSR count). The maximum absolute atomic E-state index is 12.4. The lowest BCUT2D eigenvalue weighted by atomic mass is 10.2. The number of amides is 2. The fourth-order valence-corrected chi connectivity index (χ4v) is 2.61. The average molecular weight is 370 g/mol. The first kappa shape index (κ1) is 18.1. The lowest BCUT2D eigenvalue weighted by Crippen LogP contribution is -2.41. The third kappa shape index (κ3) is 3.47. The van der Waals surface area contributed by atoms with Crippen LogP contribution in [0.3, 0.4) is 0 Å². The van der Waals surface area contributed by atoms with E-state index in [4.69, 9.17) is 14.2 Å². The van der Waals surface area contributed by atoms with Crippen LogP contribution >= 0.6 is 0 Å². The SMILES string of the molecule is COc1cc(OC)c2cc(C(=O)NNC(=O)c3cccnc3)[nH]c2c1OC. The normalized spacial score (nSPS) is 10.3. The topological polar surface area (TPSA) is 115 Å². The first-order valence-electron chi connectivity index (χ1n) is 7.91. The number of methoxy groups -OCH3 is 3. The second kappa shape index (κ2) is 7.65. The summed E-state index contributed by atoms with van der Waals surface area (Å²) in [6.07, 6.45) is 2.95. The number of H-pyrrole nitrogens is 1. The Morgan fingerprint density at radius 3 is 2.37 bits per heavy atom. The Kier molecular flexibility index (Phi) is 5.11. The van der Waals surface area contributed by atoms with Gasteiger partial charge in [0.15, 0.2) is 11.5 Å². The molecule has 9 nitrogen and oxygen atoms in total. The Labute approximate surface area is 154 Å². The molecule has 9 heteroatoms. The predicted octanol–water partition coefficient (Wildman–Crippen LogP) is 1.66. The largest absolute Gasteiger partial charge is 0.496 e. The number of hydrogen-bond donors (Lipinski definition) is 3. The Balaban J connectivity index is 1.86. The van der Waals surface area contributed by atoms with Crippen LogP contribution in [0.15, 0.2) is 36.7 Å². The number of pyridine rings is 1. The van der Waals surface area contributed by atoms with Crippen molar-refractivity contribution < 1.29 is 23.8 Å². The fraction of sp³-hybridized carbons (Fsp3) is 0.167. The number of nitrogens with zero attached hydrogens (tertiary/aromatic N) is 1. The second-order valence-electron chi connectivity index (χ2n) is 5.44. The van der Waals surface area contributed by atoms with E-state index >= 15 is 0 Å². The van der Waals surface area contributed by atoms with E-state index in [-0.39, 0.29) is 5.69 Å². The van der Waals surface area contributed by atoms with E-state index in [1.165, 1.54) is 27.5 Å². The summed E-state index contributed by atoms with van der Waals surface area (Å²) in [7, 11) is 4.52. The van der Waals surface area contributed by atoms with Crippen LogP contribution in [0.2, 0.25) is 0 Å². The summed E-state index contributed by atoms with van der Waals surface area (Å²) < 4.78 is 16.0. The molecule has 3 N–H and O–H groups in total. The Bertz CT molecular complexity index is 984. The monoisotopic (exact) mass is 370 g/mol. The van der Waals surface area contributed by atoms with Gasteiger partial charge in [-0.15, -0.1) is 0 Å². The van der Waals surface area contributed by atoms with E-state index in [0.29, 0.717) is 33.7 Å². The second-order valence-corrected chi connectivity index (χ2v) is 5.44. The van der Waals surface area contributed by atoms with Gasteiger partial charge in [-0.2, -0.15) is 0 Å². The van der Waals surface area contributed by atoms with Gasteiger partial charge in [-0.05, 0) is 18.2 Å². The zero-order chi connectivity index (χ0) is 19.4. The number of carbonyl (C=O) groups excluding carboxylic acids is 2. The van der Waals surface area contributed by atoms with E-state index in [9.17, 15) is 9.59 Å². The third-order valence-corrected chi connectivity index (χ3v) is 3.90. The molecule has 3 aromatic rings. The molecular formula is C18H18N4O5. The number of aromatic nitrogens is 2. The van der Waals surface area contributed by atoms with Crippen molar-refractivity contribution in [3.05, 3.63) is 47.9 Å². The minimum absolute atomic E-state index is 0.210. The number of hydrazine groups is 1. The lowest BCUT2D eigenvalue weighted by molar-refractivity contribution is 0.0844. The molecule has 0 bridgehead atoms. The molecule has 140 valence electrons. The average Bonchev–Trinajstić information content (AvgIpc) is 3.16. The number of benzene rings is 1. The van der Waals surface area contributed by atoms with Crippen LogP contribution in [0, 0.1) is 0 Å². The van der Waals surface area contributed by atoms with E-state index in [0.717, 1.165) is 0 Å². The van der Waals surface area contributed by atoms with Crippen molar-refractivity contribution in [3.63, 3.8) is 0 Å². The molecule has 0 aliphatic rings. The number of aromatic amines is 1. The fourth-order valence-electron chi connectivity index (χ4n) is 2.61. The van der Waals surface area contributed by atoms with E-state index in [2.05, 4.69) is 20.8 Å². The van der Waals surface area contributed by atoms with Gasteiger partial charge < -0.3 is 19.2 Å². The molecule has 2 heterocycles. The molecular weight excluding hydrogens is 352 g/mol. The van der Waals surface area contributed by atoms with Gasteiger partial charge in [0.05, 0.1) is 32.4 Å². The first-order valence-corrected chi connectivity index (χ1v) is 7.91. The van der Waals surface area contributed by atoms with Crippen molar-refractivity contribution in [2.75, 3.05) is 21.3 Å². The van der Waals surface area contributed by atoms with Crippen molar-refractivity contribution in [2.24, 2.45) is 0 Å². The van der Waals surface area contributed by atoms with Crippen molar-refractivity contribution in [3.8, 4) is 17.2 Å². The van der Waals surface area contributed by atoms with Crippen LogP contribution in [0.5, 0.6) is 17.2 Å². The van der Waals surface area contributed by atoms with Crippen molar-refractivity contribution in [1.29, 1.82) is 0 Å². The summed E-state index contributed by atoms with van der Waals surface area (Å²) in [4.78, 5) is 31.2. The quantitative estimate of drug-likeness (QED) is 0.589. The van der Waals surface area contributed by atoms with Crippen LogP contribution < -0.4 is 25.1 Å². The van der Waals surface area contributed by atoms with Crippen LogP contribution in [0.1, 0.15) is 20.8 Å². The molecule has 0 radical (unpaired) electrons. The van der Waals surface area contributed by atoms with Crippen LogP contribution in [-0.2, 0) is 0 Å². The number of nitrogens with one attached hydrogen (secondary N) is 3. The van der Waals surface area contributed by atoms with Gasteiger partial charge in [0.2, 0.25) is 0 Å². The van der Waals surface area contributed by atoms with Crippen LogP contribution in [0.4, 0.5) is 0 Å². The summed E-state index contributed by atoms with van der Waals surface area (Å²) in [5.41, 5.74) is 5.76. The molecule has 2 aromatic heterocycles. The molecule has 0 saturated carbocycles. The van der Waals surface area contributed by atoms with Gasteiger partial charge in [0.25, 0.3) is 11.8 Å². The van der Waals surface area contributed by atoms with Crippen molar-refractivity contribution in [1.82, 2.24) is 20.8 Å². The zero-order valence-corrected chi connectivity index (χ0v) is 15.0. The Morgan fingerprint density at radius 2 is 1.74 bits per heavy atom. The van der Waals surface area contributed by atoms with Gasteiger partial charge in [0.1, 0.15) is 11.4 Å².